The summed E-state index contributed by atoms with van der Waals surface area (Å²) in [6.45, 7) is 0.699. The summed E-state index contributed by atoms with van der Waals surface area (Å²) in [6, 6.07) is 17.9. The fraction of sp³-hybridized carbons (Fsp3) is 0.350. The van der Waals surface area contributed by atoms with Gasteiger partial charge in [0.15, 0.2) is 0 Å². The van der Waals surface area contributed by atoms with Gasteiger partial charge in [0.25, 0.3) is 0 Å². The van der Waals surface area contributed by atoms with E-state index in [0.29, 0.717) is 23.7 Å². The molecule has 25 heavy (non-hydrogen) atoms. The van der Waals surface area contributed by atoms with Gasteiger partial charge in [-0.2, -0.15) is 0 Å². The molecule has 0 saturated carbocycles. The van der Waals surface area contributed by atoms with Crippen molar-refractivity contribution >= 4 is 29.3 Å². The van der Waals surface area contributed by atoms with Crippen molar-refractivity contribution in [2.24, 2.45) is 5.92 Å². The van der Waals surface area contributed by atoms with Crippen LogP contribution in [0.5, 0.6) is 0 Å². The lowest BCUT2D eigenvalue weighted by molar-refractivity contribution is -0.150. The van der Waals surface area contributed by atoms with Gasteiger partial charge in [0, 0.05) is 28.6 Å². The highest BCUT2D eigenvalue weighted by atomic mass is 35.5. The molecule has 2 aromatic carbocycles. The number of thioether (sulfide) groups is 1. The van der Waals surface area contributed by atoms with E-state index in [1.807, 2.05) is 61.5 Å². The molecule has 5 heteroatoms. The van der Waals surface area contributed by atoms with E-state index < -0.39 is 5.60 Å². The molecular formula is C20H22ClNO2S. The normalized spacial score (nSPS) is 23.0. The molecule has 0 aromatic heterocycles. The van der Waals surface area contributed by atoms with Crippen LogP contribution >= 0.6 is 23.4 Å². The van der Waals surface area contributed by atoms with Crippen LogP contribution in [0.4, 0.5) is 0 Å². The lowest BCUT2D eigenvalue weighted by atomic mass is 9.88. The first-order chi connectivity index (χ1) is 12.0. The maximum atomic E-state index is 12.5. The molecule has 3 nitrogen and oxygen atoms in total. The zero-order valence-electron chi connectivity index (χ0n) is 14.4. The lowest BCUT2D eigenvalue weighted by Gasteiger charge is -2.28. The molecule has 2 aromatic rings. The lowest BCUT2D eigenvalue weighted by Crippen LogP contribution is -2.29. The highest BCUT2D eigenvalue weighted by Crippen LogP contribution is 2.44. The van der Waals surface area contributed by atoms with Crippen molar-refractivity contribution in [1.29, 1.82) is 0 Å². The number of nitrogens with zero attached hydrogens (tertiary/aromatic N) is 1. The Morgan fingerprint density at radius 3 is 2.48 bits per heavy atom. The summed E-state index contributed by atoms with van der Waals surface area (Å²) in [5, 5.41) is 0.684. The number of rotatable bonds is 6. The molecule has 1 aliphatic heterocycles. The second-order valence-corrected chi connectivity index (χ2v) is 8.17. The summed E-state index contributed by atoms with van der Waals surface area (Å²) in [6.07, 6.45) is 0.686. The Morgan fingerprint density at radius 2 is 1.84 bits per heavy atom. The first-order valence-corrected chi connectivity index (χ1v) is 9.66. The van der Waals surface area contributed by atoms with Crippen molar-refractivity contribution in [3.8, 4) is 0 Å². The standard InChI is InChI=1S/C20H22ClNO2S/c1-22(2)13-15-12-20(24-19(15)23,16-8-10-17(21)11-9-16)14-25-18-6-4-3-5-7-18/h3-11,15H,12-14H2,1-2H3. The van der Waals surface area contributed by atoms with Crippen molar-refractivity contribution < 1.29 is 9.53 Å². The van der Waals surface area contributed by atoms with Crippen molar-refractivity contribution in [2.45, 2.75) is 16.9 Å². The number of ether oxygens (including phenoxy) is 1. The van der Waals surface area contributed by atoms with Crippen LogP contribution in [0.25, 0.3) is 0 Å². The number of esters is 1. The molecule has 1 heterocycles. The fourth-order valence-corrected chi connectivity index (χ4v) is 4.42. The number of halogens is 1. The fourth-order valence-electron chi connectivity index (χ4n) is 3.20. The summed E-state index contributed by atoms with van der Waals surface area (Å²) in [4.78, 5) is 15.7. The van der Waals surface area contributed by atoms with E-state index in [4.69, 9.17) is 16.3 Å². The monoisotopic (exact) mass is 375 g/mol. The number of carbonyl (C=O) groups is 1. The second kappa shape index (κ2) is 7.81. The van der Waals surface area contributed by atoms with Gasteiger partial charge in [0.2, 0.25) is 0 Å². The zero-order valence-corrected chi connectivity index (χ0v) is 16.0. The number of carbonyl (C=O) groups excluding carboxylic acids is 1. The number of benzene rings is 2. The molecule has 2 unspecified atom stereocenters. The van der Waals surface area contributed by atoms with Crippen LogP contribution in [-0.2, 0) is 15.1 Å². The molecule has 0 spiro atoms. The molecule has 1 fully saturated rings. The van der Waals surface area contributed by atoms with Crippen LogP contribution in [0.15, 0.2) is 59.5 Å². The van der Waals surface area contributed by atoms with Crippen LogP contribution in [0.1, 0.15) is 12.0 Å². The summed E-state index contributed by atoms with van der Waals surface area (Å²) in [5.41, 5.74) is 0.401. The van der Waals surface area contributed by atoms with E-state index in [1.165, 1.54) is 4.90 Å². The smallest absolute Gasteiger partial charge is 0.311 e. The molecule has 0 radical (unpaired) electrons. The zero-order chi connectivity index (χ0) is 17.9. The van der Waals surface area contributed by atoms with Gasteiger partial charge >= 0.3 is 5.97 Å². The Balaban J connectivity index is 1.86. The predicted molar refractivity (Wildman–Crippen MR) is 103 cm³/mol. The van der Waals surface area contributed by atoms with Gasteiger partial charge in [-0.1, -0.05) is 41.9 Å². The van der Waals surface area contributed by atoms with E-state index in [9.17, 15) is 4.79 Å². The van der Waals surface area contributed by atoms with Crippen LogP contribution in [0.3, 0.4) is 0 Å². The van der Waals surface area contributed by atoms with Crippen molar-refractivity contribution in [1.82, 2.24) is 4.90 Å². The Labute approximate surface area is 158 Å². The Kier molecular flexibility index (Phi) is 5.72. The number of cyclic esters (lactones) is 1. The predicted octanol–water partition coefficient (Wildman–Crippen LogP) is 4.45. The maximum absolute atomic E-state index is 12.5. The number of hydrogen-bond donors (Lipinski definition) is 0. The van der Waals surface area contributed by atoms with Gasteiger partial charge in [-0.3, -0.25) is 4.79 Å². The van der Waals surface area contributed by atoms with E-state index in [0.717, 1.165) is 5.56 Å². The minimum Gasteiger partial charge on any atom is -0.453 e. The summed E-state index contributed by atoms with van der Waals surface area (Å²) >= 11 is 7.76. The van der Waals surface area contributed by atoms with Gasteiger partial charge < -0.3 is 9.64 Å². The summed E-state index contributed by atoms with van der Waals surface area (Å²) in [7, 11) is 3.96. The summed E-state index contributed by atoms with van der Waals surface area (Å²) < 4.78 is 5.98. The van der Waals surface area contributed by atoms with Gasteiger partial charge in [-0.05, 0) is 43.9 Å². The van der Waals surface area contributed by atoms with Crippen LogP contribution < -0.4 is 0 Å². The van der Waals surface area contributed by atoms with Gasteiger partial charge in [-0.25, -0.2) is 0 Å². The minimum absolute atomic E-state index is 0.109. The third-order valence-electron chi connectivity index (χ3n) is 4.38. The molecule has 0 bridgehead atoms. The van der Waals surface area contributed by atoms with Crippen molar-refractivity contribution in [2.75, 3.05) is 26.4 Å². The molecule has 1 aliphatic rings. The minimum atomic E-state index is -0.608. The first-order valence-electron chi connectivity index (χ1n) is 8.30. The second-order valence-electron chi connectivity index (χ2n) is 6.69. The highest BCUT2D eigenvalue weighted by molar-refractivity contribution is 7.99. The van der Waals surface area contributed by atoms with Crippen molar-refractivity contribution in [3.05, 3.63) is 65.2 Å². The van der Waals surface area contributed by atoms with Gasteiger partial charge in [-0.15, -0.1) is 11.8 Å². The quantitative estimate of drug-likeness (QED) is 0.551. The average Bonchev–Trinajstić information content (AvgIpc) is 2.91. The highest BCUT2D eigenvalue weighted by Gasteiger charge is 2.48. The Hall–Kier alpha value is -1.49. The van der Waals surface area contributed by atoms with E-state index in [-0.39, 0.29) is 11.9 Å². The molecule has 0 aliphatic carbocycles. The number of hydrogen-bond acceptors (Lipinski definition) is 4. The maximum Gasteiger partial charge on any atom is 0.311 e. The molecular weight excluding hydrogens is 354 g/mol. The van der Waals surface area contributed by atoms with Crippen molar-refractivity contribution in [3.63, 3.8) is 0 Å². The van der Waals surface area contributed by atoms with E-state index in [2.05, 4.69) is 12.1 Å². The third-order valence-corrected chi connectivity index (χ3v) is 5.84. The molecule has 0 amide bonds. The summed E-state index contributed by atoms with van der Waals surface area (Å²) in [5.74, 6) is 0.466. The van der Waals surface area contributed by atoms with Gasteiger partial charge in [0.1, 0.15) is 5.60 Å². The molecule has 2 atom stereocenters. The van der Waals surface area contributed by atoms with Gasteiger partial charge in [0.05, 0.1) is 5.92 Å². The van der Waals surface area contributed by atoms with Crippen LogP contribution in [0.2, 0.25) is 5.02 Å². The molecule has 0 N–H and O–H groups in total. The van der Waals surface area contributed by atoms with E-state index >= 15 is 0 Å². The third kappa shape index (κ3) is 4.38. The van der Waals surface area contributed by atoms with Crippen LogP contribution in [-0.4, -0.2) is 37.3 Å². The SMILES string of the molecule is CN(C)CC1CC(CSc2ccccc2)(c2ccc(Cl)cc2)OC1=O. The molecule has 3 rings (SSSR count). The molecule has 132 valence electrons. The van der Waals surface area contributed by atoms with E-state index in [1.54, 1.807) is 11.8 Å². The Bertz CT molecular complexity index is 720. The Morgan fingerprint density at radius 1 is 1.16 bits per heavy atom. The topological polar surface area (TPSA) is 29.5 Å². The largest absolute Gasteiger partial charge is 0.453 e. The average molecular weight is 376 g/mol. The molecule has 1 saturated heterocycles. The first kappa shape index (κ1) is 18.3. The van der Waals surface area contributed by atoms with Crippen LogP contribution in [0, 0.1) is 5.92 Å².